The molecule has 0 saturated carbocycles. The lowest BCUT2D eigenvalue weighted by atomic mass is 9.93. The molecular formula is C22H18F5N3O4. The number of pyridine rings is 1. The number of alkyl halides is 5. The van der Waals surface area contributed by atoms with Gasteiger partial charge in [-0.25, -0.2) is 9.67 Å². The van der Waals surface area contributed by atoms with E-state index in [1.54, 1.807) is 6.92 Å². The number of halogens is 5. The van der Waals surface area contributed by atoms with E-state index in [9.17, 15) is 27.1 Å². The summed E-state index contributed by atoms with van der Waals surface area (Å²) in [6, 6.07) is 7.04. The summed E-state index contributed by atoms with van der Waals surface area (Å²) in [6.07, 6.45) is -7.92. The number of benzene rings is 1. The first-order chi connectivity index (χ1) is 16.0. The van der Waals surface area contributed by atoms with E-state index in [0.717, 1.165) is 4.68 Å². The highest BCUT2D eigenvalue weighted by Gasteiger charge is 2.44. The molecule has 0 radical (unpaired) electrons. The van der Waals surface area contributed by atoms with Gasteiger partial charge in [0.25, 0.3) is 0 Å². The van der Waals surface area contributed by atoms with Gasteiger partial charge in [-0.3, -0.25) is 0 Å². The molecule has 2 aliphatic rings. The molecule has 34 heavy (non-hydrogen) atoms. The predicted octanol–water partition coefficient (Wildman–Crippen LogP) is 5.12. The molecule has 5 rings (SSSR count). The Labute approximate surface area is 189 Å². The van der Waals surface area contributed by atoms with Gasteiger partial charge < -0.3 is 19.3 Å². The Kier molecular flexibility index (Phi) is 5.15. The highest BCUT2D eigenvalue weighted by Crippen LogP contribution is 2.43. The third-order valence-electron chi connectivity index (χ3n) is 5.67. The zero-order valence-electron chi connectivity index (χ0n) is 17.6. The van der Waals surface area contributed by atoms with Gasteiger partial charge in [0.15, 0.2) is 17.2 Å². The van der Waals surface area contributed by atoms with Crippen LogP contribution in [-0.4, -0.2) is 26.2 Å². The maximum atomic E-state index is 13.6. The fourth-order valence-corrected chi connectivity index (χ4v) is 4.15. The van der Waals surface area contributed by atoms with Crippen LogP contribution in [0.1, 0.15) is 54.5 Å². The fourth-order valence-electron chi connectivity index (χ4n) is 4.15. The summed E-state index contributed by atoms with van der Waals surface area (Å²) >= 11 is 0. The van der Waals surface area contributed by atoms with Crippen LogP contribution < -0.4 is 14.2 Å². The molecule has 2 aromatic heterocycles. The number of aromatic nitrogens is 3. The first-order valence-electron chi connectivity index (χ1n) is 10.4. The number of fused-ring (bicyclic) bond motifs is 2. The summed E-state index contributed by atoms with van der Waals surface area (Å²) in [7, 11) is 0. The van der Waals surface area contributed by atoms with Crippen LogP contribution in [0.25, 0.3) is 5.69 Å². The van der Waals surface area contributed by atoms with Gasteiger partial charge in [0.05, 0.1) is 17.5 Å². The van der Waals surface area contributed by atoms with Crippen LogP contribution in [0.4, 0.5) is 22.0 Å². The number of hydrogen-bond donors (Lipinski definition) is 1. The summed E-state index contributed by atoms with van der Waals surface area (Å²) < 4.78 is 82.9. The first kappa shape index (κ1) is 22.4. The van der Waals surface area contributed by atoms with Crippen LogP contribution in [0.5, 0.6) is 17.4 Å². The van der Waals surface area contributed by atoms with E-state index < -0.39 is 30.4 Å². The minimum absolute atomic E-state index is 0.0175. The molecule has 7 nitrogen and oxygen atoms in total. The summed E-state index contributed by atoms with van der Waals surface area (Å²) in [5, 5.41) is 14.2. The first-order valence-corrected chi connectivity index (χ1v) is 10.4. The molecule has 12 heteroatoms. The molecule has 1 aliphatic heterocycles. The molecule has 0 amide bonds. The van der Waals surface area contributed by atoms with Crippen molar-refractivity contribution in [1.82, 2.24) is 14.8 Å². The van der Waals surface area contributed by atoms with Crippen molar-refractivity contribution < 1.29 is 41.3 Å². The lowest BCUT2D eigenvalue weighted by Crippen LogP contribution is -2.25. The molecule has 0 saturated heterocycles. The van der Waals surface area contributed by atoms with E-state index in [1.807, 2.05) is 0 Å². The van der Waals surface area contributed by atoms with Crippen LogP contribution in [0.3, 0.4) is 0 Å². The van der Waals surface area contributed by atoms with Gasteiger partial charge in [0.1, 0.15) is 6.10 Å². The third kappa shape index (κ3) is 4.02. The van der Waals surface area contributed by atoms with Crippen molar-refractivity contribution in [2.75, 3.05) is 0 Å². The van der Waals surface area contributed by atoms with Crippen LogP contribution in [-0.2, 0) is 12.6 Å². The van der Waals surface area contributed by atoms with Gasteiger partial charge in [-0.15, -0.1) is 8.78 Å². The minimum Gasteiger partial charge on any atom is -0.470 e. The summed E-state index contributed by atoms with van der Waals surface area (Å²) in [5.41, 5.74) is -0.226. The van der Waals surface area contributed by atoms with E-state index in [4.69, 9.17) is 4.74 Å². The molecule has 0 bridgehead atoms. The standard InChI is InChI=1S/C22H18F5N3O4/c1-11(12-5-6-16-17(9-12)34-22(26,27)33-16)32-18-10-13(7-8-28-18)30-19-14(3-2-4-15(19)31)20(29-30)21(23,24)25/h5-11,15,31H,2-4H2,1H3/t11?,15-/m1/s1. The third-order valence-corrected chi connectivity index (χ3v) is 5.67. The Morgan fingerprint density at radius 1 is 1.18 bits per heavy atom. The lowest BCUT2D eigenvalue weighted by Gasteiger charge is -2.20. The summed E-state index contributed by atoms with van der Waals surface area (Å²) in [6.45, 7) is 1.64. The molecule has 3 aromatic rings. The van der Waals surface area contributed by atoms with Crippen molar-refractivity contribution in [3.63, 3.8) is 0 Å². The zero-order valence-corrected chi connectivity index (χ0v) is 17.6. The second kappa shape index (κ2) is 7.83. The van der Waals surface area contributed by atoms with Crippen molar-refractivity contribution >= 4 is 0 Å². The monoisotopic (exact) mass is 483 g/mol. The average molecular weight is 483 g/mol. The molecule has 3 heterocycles. The van der Waals surface area contributed by atoms with Crippen LogP contribution in [0.15, 0.2) is 36.5 Å². The number of aliphatic hydroxyl groups excluding tert-OH is 1. The number of ether oxygens (including phenoxy) is 3. The quantitative estimate of drug-likeness (QED) is 0.520. The molecule has 0 fully saturated rings. The van der Waals surface area contributed by atoms with Crippen LogP contribution >= 0.6 is 0 Å². The maximum Gasteiger partial charge on any atom is 0.586 e. The Bertz CT molecular complexity index is 1240. The largest absolute Gasteiger partial charge is 0.586 e. The Morgan fingerprint density at radius 3 is 2.71 bits per heavy atom. The van der Waals surface area contributed by atoms with Gasteiger partial charge >= 0.3 is 12.5 Å². The van der Waals surface area contributed by atoms with Crippen LogP contribution in [0, 0.1) is 0 Å². The highest BCUT2D eigenvalue weighted by molar-refractivity contribution is 5.46. The number of nitrogens with zero attached hydrogens (tertiary/aromatic N) is 3. The van der Waals surface area contributed by atoms with Crippen molar-refractivity contribution in [3.05, 3.63) is 59.0 Å². The molecule has 2 atom stereocenters. The number of aliphatic hydroxyl groups is 1. The van der Waals surface area contributed by atoms with Crippen molar-refractivity contribution in [2.24, 2.45) is 0 Å². The average Bonchev–Trinajstić information content (AvgIpc) is 3.30. The second-order valence-electron chi connectivity index (χ2n) is 8.02. The maximum absolute atomic E-state index is 13.6. The van der Waals surface area contributed by atoms with Gasteiger partial charge in [0.2, 0.25) is 5.88 Å². The Hall–Kier alpha value is -3.41. The number of rotatable bonds is 4. The fraction of sp³-hybridized carbons (Fsp3) is 0.364. The van der Waals surface area contributed by atoms with Gasteiger partial charge in [0, 0.05) is 17.8 Å². The molecular weight excluding hydrogens is 465 g/mol. The number of hydrogen-bond acceptors (Lipinski definition) is 6. The lowest BCUT2D eigenvalue weighted by molar-refractivity contribution is -0.286. The summed E-state index contributed by atoms with van der Waals surface area (Å²) in [4.78, 5) is 4.09. The van der Waals surface area contributed by atoms with Crippen LogP contribution in [0.2, 0.25) is 0 Å². The van der Waals surface area contributed by atoms with E-state index >= 15 is 0 Å². The molecule has 1 unspecified atom stereocenters. The normalized spacial score (nSPS) is 19.6. The molecule has 180 valence electrons. The molecule has 0 spiro atoms. The predicted molar refractivity (Wildman–Crippen MR) is 106 cm³/mol. The van der Waals surface area contributed by atoms with E-state index in [1.165, 1.54) is 36.5 Å². The Balaban J connectivity index is 1.44. The highest BCUT2D eigenvalue weighted by atomic mass is 19.4. The van der Waals surface area contributed by atoms with Crippen molar-refractivity contribution in [1.29, 1.82) is 0 Å². The Morgan fingerprint density at radius 2 is 1.94 bits per heavy atom. The van der Waals surface area contributed by atoms with Gasteiger partial charge in [-0.05, 0) is 49.9 Å². The van der Waals surface area contributed by atoms with E-state index in [2.05, 4.69) is 19.6 Å². The SMILES string of the molecule is CC(Oc1cc(-n2nc(C(F)(F)F)c3c2[C@H](O)CCC3)ccn1)c1ccc2c(c1)OC(F)(F)O2. The topological polar surface area (TPSA) is 78.6 Å². The van der Waals surface area contributed by atoms with Gasteiger partial charge in [-0.2, -0.15) is 18.3 Å². The van der Waals surface area contributed by atoms with Gasteiger partial charge in [-0.1, -0.05) is 6.07 Å². The molecule has 1 N–H and O–H groups in total. The smallest absolute Gasteiger partial charge is 0.470 e. The van der Waals surface area contributed by atoms with Crippen molar-refractivity contribution in [3.8, 4) is 23.1 Å². The van der Waals surface area contributed by atoms with E-state index in [0.29, 0.717) is 18.4 Å². The minimum atomic E-state index is -4.66. The second-order valence-corrected chi connectivity index (χ2v) is 8.02. The summed E-state index contributed by atoms with van der Waals surface area (Å²) in [5.74, 6) is -0.184. The molecule has 1 aliphatic carbocycles. The zero-order chi connectivity index (χ0) is 24.3. The van der Waals surface area contributed by atoms with Crippen molar-refractivity contribution in [2.45, 2.75) is 50.9 Å². The molecule has 1 aromatic carbocycles. The van der Waals surface area contributed by atoms with E-state index in [-0.39, 0.29) is 40.7 Å².